The Hall–Kier alpha value is -1.95. The minimum Gasteiger partial charge on any atom is -0.462 e. The third kappa shape index (κ3) is 3.29. The lowest BCUT2D eigenvalue weighted by molar-refractivity contribution is 0.0526. The topological polar surface area (TPSA) is 54.8 Å². The quantitative estimate of drug-likeness (QED) is 0.490. The minimum absolute atomic E-state index is 0.309. The molecule has 0 atom stereocenters. The van der Waals surface area contributed by atoms with E-state index in [2.05, 4.69) is 9.98 Å². The number of carbonyl (C=O) groups excluding carboxylic acids is 1. The molecule has 1 aromatic heterocycles. The molecule has 0 fully saturated rings. The summed E-state index contributed by atoms with van der Waals surface area (Å²) in [4.78, 5) is 22.1. The van der Waals surface area contributed by atoms with Gasteiger partial charge in [-0.05, 0) is 25.1 Å². The molecule has 19 heavy (non-hydrogen) atoms. The van der Waals surface area contributed by atoms with Crippen LogP contribution in [0.1, 0.15) is 17.3 Å². The van der Waals surface area contributed by atoms with Gasteiger partial charge in [-0.1, -0.05) is 11.3 Å². The highest BCUT2D eigenvalue weighted by atomic mass is 32.1. The van der Waals surface area contributed by atoms with Crippen molar-refractivity contribution in [3.8, 4) is 0 Å². The van der Waals surface area contributed by atoms with Gasteiger partial charge >= 0.3 is 5.97 Å². The first-order chi connectivity index (χ1) is 9.10. The fourth-order valence-corrected chi connectivity index (χ4v) is 2.32. The van der Waals surface area contributed by atoms with Crippen molar-refractivity contribution in [1.29, 1.82) is 0 Å². The van der Waals surface area contributed by atoms with Crippen molar-refractivity contribution in [3.05, 3.63) is 23.8 Å². The maximum Gasteiger partial charge on any atom is 0.338 e. The van der Waals surface area contributed by atoms with Gasteiger partial charge in [0, 0.05) is 14.1 Å². The molecule has 0 saturated heterocycles. The number of hydrogen-bond donors (Lipinski definition) is 0. The lowest BCUT2D eigenvalue weighted by Gasteiger charge is -2.00. The van der Waals surface area contributed by atoms with Crippen LogP contribution in [0.4, 0.5) is 5.13 Å². The highest BCUT2D eigenvalue weighted by Crippen LogP contribution is 2.28. The molecule has 0 aliphatic heterocycles. The molecule has 0 bridgehead atoms. The van der Waals surface area contributed by atoms with E-state index in [1.807, 2.05) is 25.1 Å². The molecule has 2 rings (SSSR count). The molecule has 0 unspecified atom stereocenters. The van der Waals surface area contributed by atoms with E-state index in [4.69, 9.17) is 4.74 Å². The number of benzene rings is 1. The average Bonchev–Trinajstić information content (AvgIpc) is 2.78. The molecule has 0 radical (unpaired) electrons. The smallest absolute Gasteiger partial charge is 0.338 e. The predicted molar refractivity (Wildman–Crippen MR) is 77.4 cm³/mol. The lowest BCUT2D eigenvalue weighted by atomic mass is 10.2. The highest BCUT2D eigenvalue weighted by Gasteiger charge is 2.09. The standard InChI is InChI=1S/C13H15N3O2S/c1-4-18-12(17)9-5-6-10-11(7-9)19-13(15-10)14-8-16(2)3/h5-8H,4H2,1-3H3. The van der Waals surface area contributed by atoms with Crippen LogP contribution in [0.2, 0.25) is 0 Å². The summed E-state index contributed by atoms with van der Waals surface area (Å²) in [5, 5.41) is 0.671. The molecule has 0 saturated carbocycles. The Bertz CT molecular complexity index is 619. The lowest BCUT2D eigenvalue weighted by Crippen LogP contribution is -2.06. The van der Waals surface area contributed by atoms with Crippen molar-refractivity contribution in [2.45, 2.75) is 6.92 Å². The monoisotopic (exact) mass is 277 g/mol. The van der Waals surface area contributed by atoms with Gasteiger partial charge in [0.1, 0.15) is 0 Å². The van der Waals surface area contributed by atoms with Crippen molar-refractivity contribution in [3.63, 3.8) is 0 Å². The number of thiazole rings is 1. The number of rotatable bonds is 4. The van der Waals surface area contributed by atoms with E-state index in [9.17, 15) is 4.79 Å². The maximum atomic E-state index is 11.6. The zero-order valence-electron chi connectivity index (χ0n) is 11.1. The third-order valence-corrected chi connectivity index (χ3v) is 3.21. The summed E-state index contributed by atoms with van der Waals surface area (Å²) in [7, 11) is 3.80. The molecule has 1 aromatic carbocycles. The van der Waals surface area contributed by atoms with Crippen molar-refractivity contribution in [2.75, 3.05) is 20.7 Å². The van der Waals surface area contributed by atoms with E-state index >= 15 is 0 Å². The molecule has 0 N–H and O–H groups in total. The average molecular weight is 277 g/mol. The van der Waals surface area contributed by atoms with Gasteiger partial charge in [-0.3, -0.25) is 0 Å². The fraction of sp³-hybridized carbons (Fsp3) is 0.308. The van der Waals surface area contributed by atoms with E-state index < -0.39 is 0 Å². The van der Waals surface area contributed by atoms with Crippen molar-refractivity contribution >= 4 is 39.0 Å². The van der Waals surface area contributed by atoms with Crippen LogP contribution in [-0.4, -0.2) is 42.9 Å². The van der Waals surface area contributed by atoms with Crippen molar-refractivity contribution < 1.29 is 9.53 Å². The summed E-state index contributed by atoms with van der Waals surface area (Å²) < 4.78 is 5.90. The fourth-order valence-electron chi connectivity index (χ4n) is 1.47. The Morgan fingerprint density at radius 2 is 2.32 bits per heavy atom. The molecule has 6 heteroatoms. The molecular weight excluding hydrogens is 262 g/mol. The van der Waals surface area contributed by atoms with Crippen LogP contribution >= 0.6 is 11.3 Å². The maximum absolute atomic E-state index is 11.6. The van der Waals surface area contributed by atoms with Crippen molar-refractivity contribution in [2.24, 2.45) is 4.99 Å². The van der Waals surface area contributed by atoms with Crippen LogP contribution in [0.5, 0.6) is 0 Å². The molecule has 1 heterocycles. The zero-order chi connectivity index (χ0) is 13.8. The third-order valence-electron chi connectivity index (χ3n) is 2.29. The highest BCUT2D eigenvalue weighted by molar-refractivity contribution is 7.22. The first kappa shape index (κ1) is 13.5. The van der Waals surface area contributed by atoms with Gasteiger partial charge in [-0.25, -0.2) is 14.8 Å². The molecule has 0 aliphatic carbocycles. The first-order valence-electron chi connectivity index (χ1n) is 5.88. The van der Waals surface area contributed by atoms with Gasteiger partial charge in [0.2, 0.25) is 5.13 Å². The van der Waals surface area contributed by atoms with Gasteiger partial charge in [0.15, 0.2) is 0 Å². The Balaban J connectivity index is 2.30. The summed E-state index contributed by atoms with van der Waals surface area (Å²) in [5.74, 6) is -0.309. The number of nitrogens with zero attached hydrogens (tertiary/aromatic N) is 3. The molecule has 0 aliphatic rings. The molecular formula is C13H15N3O2S. The number of ether oxygens (including phenoxy) is 1. The van der Waals surface area contributed by atoms with E-state index in [0.29, 0.717) is 17.3 Å². The van der Waals surface area contributed by atoms with Crippen LogP contribution in [0.25, 0.3) is 10.2 Å². The van der Waals surface area contributed by atoms with Crippen LogP contribution in [-0.2, 0) is 4.74 Å². The van der Waals surface area contributed by atoms with Crippen LogP contribution in [0.3, 0.4) is 0 Å². The molecule has 2 aromatic rings. The summed E-state index contributed by atoms with van der Waals surface area (Å²) in [6, 6.07) is 5.33. The van der Waals surface area contributed by atoms with Crippen LogP contribution in [0, 0.1) is 0 Å². The molecule has 0 spiro atoms. The van der Waals surface area contributed by atoms with E-state index in [0.717, 1.165) is 10.2 Å². The Morgan fingerprint density at radius 3 is 3.00 bits per heavy atom. The van der Waals surface area contributed by atoms with Gasteiger partial charge < -0.3 is 9.64 Å². The molecule has 100 valence electrons. The second-order valence-electron chi connectivity index (χ2n) is 4.11. The summed E-state index contributed by atoms with van der Waals surface area (Å²) in [6.45, 7) is 2.16. The van der Waals surface area contributed by atoms with E-state index in [1.54, 1.807) is 25.4 Å². The SMILES string of the molecule is CCOC(=O)c1ccc2nc(N=CN(C)C)sc2c1. The Labute approximate surface area is 115 Å². The largest absolute Gasteiger partial charge is 0.462 e. The zero-order valence-corrected chi connectivity index (χ0v) is 11.9. The van der Waals surface area contributed by atoms with Crippen LogP contribution in [0.15, 0.2) is 23.2 Å². The summed E-state index contributed by atoms with van der Waals surface area (Å²) in [5.41, 5.74) is 1.38. The Kier molecular flexibility index (Phi) is 4.11. The van der Waals surface area contributed by atoms with Gasteiger partial charge in [0.05, 0.1) is 28.7 Å². The number of esters is 1. The van der Waals surface area contributed by atoms with E-state index in [1.165, 1.54) is 11.3 Å². The van der Waals surface area contributed by atoms with Gasteiger partial charge in [-0.2, -0.15) is 0 Å². The van der Waals surface area contributed by atoms with Crippen molar-refractivity contribution in [1.82, 2.24) is 9.88 Å². The summed E-state index contributed by atoms with van der Waals surface area (Å²) in [6.07, 6.45) is 1.70. The number of aliphatic imine (C=N–C) groups is 1. The summed E-state index contributed by atoms with van der Waals surface area (Å²) >= 11 is 1.45. The predicted octanol–water partition coefficient (Wildman–Crippen LogP) is 2.69. The Morgan fingerprint density at radius 1 is 1.53 bits per heavy atom. The second kappa shape index (κ2) is 5.79. The number of hydrogen-bond acceptors (Lipinski definition) is 5. The normalized spacial score (nSPS) is 11.1. The van der Waals surface area contributed by atoms with Gasteiger partial charge in [0.25, 0.3) is 0 Å². The van der Waals surface area contributed by atoms with Crippen LogP contribution < -0.4 is 0 Å². The van der Waals surface area contributed by atoms with Gasteiger partial charge in [-0.15, -0.1) is 0 Å². The number of aromatic nitrogens is 1. The van der Waals surface area contributed by atoms with E-state index in [-0.39, 0.29) is 5.97 Å². The molecule has 0 amide bonds. The molecule has 5 nitrogen and oxygen atoms in total. The first-order valence-corrected chi connectivity index (χ1v) is 6.70. The number of carbonyl (C=O) groups is 1. The number of fused-ring (bicyclic) bond motifs is 1. The second-order valence-corrected chi connectivity index (χ2v) is 5.12. The minimum atomic E-state index is -0.309.